The summed E-state index contributed by atoms with van der Waals surface area (Å²) in [5.74, 6) is -1.17. The van der Waals surface area contributed by atoms with Crippen LogP contribution in [-0.2, 0) is 4.74 Å². The van der Waals surface area contributed by atoms with Crippen molar-refractivity contribution in [3.63, 3.8) is 0 Å². The van der Waals surface area contributed by atoms with Crippen molar-refractivity contribution < 1.29 is 19.1 Å². The zero-order valence-electron chi connectivity index (χ0n) is 12.4. The quantitative estimate of drug-likeness (QED) is 0.824. The van der Waals surface area contributed by atoms with E-state index in [-0.39, 0.29) is 27.8 Å². The van der Waals surface area contributed by atoms with Gasteiger partial charge in [-0.15, -0.1) is 11.3 Å². The van der Waals surface area contributed by atoms with Gasteiger partial charge in [-0.3, -0.25) is 14.9 Å². The highest BCUT2D eigenvalue weighted by atomic mass is 35.5. The van der Waals surface area contributed by atoms with Gasteiger partial charge in [-0.05, 0) is 36.6 Å². The molecule has 0 bridgehead atoms. The first kappa shape index (κ1) is 18.3. The van der Waals surface area contributed by atoms with E-state index in [2.05, 4.69) is 15.4 Å². The van der Waals surface area contributed by atoms with Crippen LogP contribution in [0, 0.1) is 0 Å². The highest BCUT2D eigenvalue weighted by molar-refractivity contribution is 7.14. The van der Waals surface area contributed by atoms with Crippen LogP contribution in [0.2, 0.25) is 10.0 Å². The third-order valence-electron chi connectivity index (χ3n) is 2.80. The van der Waals surface area contributed by atoms with Crippen LogP contribution in [0.4, 0.5) is 9.80 Å². The molecular formula is C15H12Cl2N2O4S. The number of benzene rings is 1. The van der Waals surface area contributed by atoms with Gasteiger partial charge in [0.2, 0.25) is 0 Å². The molecule has 0 unspecified atom stereocenters. The molecule has 0 aliphatic carbocycles. The Kier molecular flexibility index (Phi) is 6.19. The molecule has 9 heteroatoms. The van der Waals surface area contributed by atoms with Crippen molar-refractivity contribution in [2.24, 2.45) is 0 Å². The van der Waals surface area contributed by atoms with Gasteiger partial charge in [0.05, 0.1) is 22.8 Å². The predicted molar refractivity (Wildman–Crippen MR) is 93.2 cm³/mol. The molecular weight excluding hydrogens is 375 g/mol. The maximum absolute atomic E-state index is 12.3. The first-order valence-corrected chi connectivity index (χ1v) is 8.38. The van der Waals surface area contributed by atoms with Gasteiger partial charge in [0.1, 0.15) is 5.00 Å². The molecule has 0 saturated heterocycles. The fourth-order valence-corrected chi connectivity index (χ4v) is 3.03. The second-order valence-corrected chi connectivity index (χ2v) is 6.18. The number of ether oxygens (including phenoxy) is 1. The number of carbonyl (C=O) groups is 3. The van der Waals surface area contributed by atoms with Crippen molar-refractivity contribution in [2.75, 3.05) is 11.9 Å². The first-order chi connectivity index (χ1) is 11.4. The van der Waals surface area contributed by atoms with E-state index in [1.807, 2.05) is 0 Å². The van der Waals surface area contributed by atoms with E-state index in [0.29, 0.717) is 5.02 Å². The van der Waals surface area contributed by atoms with Gasteiger partial charge in [0.15, 0.2) is 0 Å². The number of imide groups is 1. The van der Waals surface area contributed by atoms with Crippen molar-refractivity contribution in [3.05, 3.63) is 50.8 Å². The topological polar surface area (TPSA) is 84.5 Å². The van der Waals surface area contributed by atoms with E-state index >= 15 is 0 Å². The smallest absolute Gasteiger partial charge is 0.414 e. The Bertz CT molecular complexity index is 792. The van der Waals surface area contributed by atoms with Crippen molar-refractivity contribution in [1.82, 2.24) is 5.32 Å². The van der Waals surface area contributed by atoms with E-state index in [4.69, 9.17) is 23.2 Å². The number of amides is 3. The van der Waals surface area contributed by atoms with Crippen LogP contribution in [0.3, 0.4) is 0 Å². The minimum atomic E-state index is -0.855. The molecule has 2 aromatic rings. The Balaban J connectivity index is 2.14. The Morgan fingerprint density at radius 2 is 1.88 bits per heavy atom. The highest BCUT2D eigenvalue weighted by Crippen LogP contribution is 2.26. The number of alkyl carbamates (subject to hydrolysis) is 1. The molecule has 6 nitrogen and oxygen atoms in total. The average molecular weight is 387 g/mol. The molecule has 126 valence electrons. The third kappa shape index (κ3) is 4.47. The van der Waals surface area contributed by atoms with Gasteiger partial charge in [-0.1, -0.05) is 23.2 Å². The summed E-state index contributed by atoms with van der Waals surface area (Å²) in [6, 6.07) is 5.94. The van der Waals surface area contributed by atoms with Gasteiger partial charge in [-0.2, -0.15) is 0 Å². The van der Waals surface area contributed by atoms with Crippen molar-refractivity contribution >= 4 is 57.4 Å². The molecule has 2 N–H and O–H groups in total. The maximum Gasteiger partial charge on any atom is 0.414 e. The lowest BCUT2D eigenvalue weighted by Crippen LogP contribution is -2.31. The van der Waals surface area contributed by atoms with Crippen LogP contribution in [0.15, 0.2) is 29.6 Å². The van der Waals surface area contributed by atoms with Gasteiger partial charge in [0.25, 0.3) is 11.8 Å². The lowest BCUT2D eigenvalue weighted by atomic mass is 10.2. The van der Waals surface area contributed by atoms with E-state index in [1.54, 1.807) is 12.3 Å². The van der Waals surface area contributed by atoms with Crippen molar-refractivity contribution in [2.45, 2.75) is 6.92 Å². The van der Waals surface area contributed by atoms with Gasteiger partial charge < -0.3 is 10.1 Å². The fraction of sp³-hybridized carbons (Fsp3) is 0.133. The van der Waals surface area contributed by atoms with E-state index < -0.39 is 17.9 Å². The molecule has 0 radical (unpaired) electrons. The molecule has 0 saturated carbocycles. The van der Waals surface area contributed by atoms with Gasteiger partial charge in [-0.25, -0.2) is 4.79 Å². The zero-order chi connectivity index (χ0) is 17.7. The minimum absolute atomic E-state index is 0.140. The van der Waals surface area contributed by atoms with E-state index in [9.17, 15) is 14.4 Å². The standard InChI is InChI=1S/C15H12Cl2N2O4S/c1-2-23-15(22)19-13(21)10-5-6-24-14(10)18-12(20)9-4-3-8(16)7-11(9)17/h3-7H,2H2,1H3,(H,18,20)(H,19,21,22). The summed E-state index contributed by atoms with van der Waals surface area (Å²) in [5.41, 5.74) is 0.359. The monoisotopic (exact) mass is 386 g/mol. The normalized spacial score (nSPS) is 10.1. The summed E-state index contributed by atoms with van der Waals surface area (Å²) in [6.45, 7) is 1.76. The number of hydrogen-bond acceptors (Lipinski definition) is 5. The van der Waals surface area contributed by atoms with E-state index in [1.165, 1.54) is 24.3 Å². The number of thiophene rings is 1. The zero-order valence-corrected chi connectivity index (χ0v) is 14.7. The fourth-order valence-electron chi connectivity index (χ4n) is 1.76. The van der Waals surface area contributed by atoms with Crippen molar-refractivity contribution in [1.29, 1.82) is 0 Å². The Labute approximate surface area is 151 Å². The predicted octanol–water partition coefficient (Wildman–Crippen LogP) is 4.19. The minimum Gasteiger partial charge on any atom is -0.450 e. The van der Waals surface area contributed by atoms with Gasteiger partial charge in [0, 0.05) is 5.02 Å². The molecule has 1 aromatic heterocycles. The third-order valence-corrected chi connectivity index (χ3v) is 4.18. The maximum atomic E-state index is 12.3. The van der Waals surface area contributed by atoms with Crippen LogP contribution in [0.1, 0.15) is 27.6 Å². The average Bonchev–Trinajstić information content (AvgIpc) is 2.95. The molecule has 2 rings (SSSR count). The highest BCUT2D eigenvalue weighted by Gasteiger charge is 2.19. The lowest BCUT2D eigenvalue weighted by molar-refractivity contribution is 0.0926. The number of carbonyl (C=O) groups excluding carboxylic acids is 3. The molecule has 3 amide bonds. The summed E-state index contributed by atoms with van der Waals surface area (Å²) in [4.78, 5) is 35.6. The Morgan fingerprint density at radius 3 is 2.54 bits per heavy atom. The first-order valence-electron chi connectivity index (χ1n) is 6.74. The molecule has 1 aromatic carbocycles. The number of rotatable bonds is 4. The molecule has 0 aliphatic rings. The number of anilines is 1. The summed E-state index contributed by atoms with van der Waals surface area (Å²) >= 11 is 12.9. The number of hydrogen-bond donors (Lipinski definition) is 2. The molecule has 24 heavy (non-hydrogen) atoms. The van der Waals surface area contributed by atoms with Crippen LogP contribution in [0.5, 0.6) is 0 Å². The summed E-state index contributed by atoms with van der Waals surface area (Å²) < 4.78 is 4.64. The molecule has 0 aliphatic heterocycles. The second-order valence-electron chi connectivity index (χ2n) is 4.42. The Hall–Kier alpha value is -2.09. The van der Waals surface area contributed by atoms with E-state index in [0.717, 1.165) is 11.3 Å². The Morgan fingerprint density at radius 1 is 1.12 bits per heavy atom. The summed E-state index contributed by atoms with van der Waals surface area (Å²) in [7, 11) is 0. The van der Waals surface area contributed by atoms with Crippen LogP contribution >= 0.6 is 34.5 Å². The SMILES string of the molecule is CCOC(=O)NC(=O)c1ccsc1NC(=O)c1ccc(Cl)cc1Cl. The summed E-state index contributed by atoms with van der Waals surface area (Å²) in [5, 5.41) is 7.15. The lowest BCUT2D eigenvalue weighted by Gasteiger charge is -2.08. The molecule has 1 heterocycles. The second kappa shape index (κ2) is 8.14. The van der Waals surface area contributed by atoms with Crippen LogP contribution in [-0.4, -0.2) is 24.5 Å². The molecule has 0 spiro atoms. The van der Waals surface area contributed by atoms with Crippen molar-refractivity contribution in [3.8, 4) is 0 Å². The number of nitrogens with one attached hydrogen (secondary N) is 2. The molecule has 0 fully saturated rings. The summed E-state index contributed by atoms with van der Waals surface area (Å²) in [6.07, 6.45) is -0.855. The van der Waals surface area contributed by atoms with Crippen LogP contribution < -0.4 is 10.6 Å². The largest absolute Gasteiger partial charge is 0.450 e. The van der Waals surface area contributed by atoms with Crippen LogP contribution in [0.25, 0.3) is 0 Å². The number of halogens is 2. The van der Waals surface area contributed by atoms with Gasteiger partial charge >= 0.3 is 6.09 Å². The molecule has 0 atom stereocenters.